The van der Waals surface area contributed by atoms with Gasteiger partial charge in [-0.05, 0) is 19.8 Å². The monoisotopic (exact) mass is 267 g/mol. The first-order valence-corrected chi connectivity index (χ1v) is 6.17. The van der Waals surface area contributed by atoms with Crippen molar-refractivity contribution in [1.82, 2.24) is 25.4 Å². The van der Waals surface area contributed by atoms with Crippen LogP contribution in [0.1, 0.15) is 25.6 Å². The van der Waals surface area contributed by atoms with Crippen LogP contribution in [0.25, 0.3) is 0 Å². The lowest BCUT2D eigenvalue weighted by Gasteiger charge is -2.31. The Morgan fingerprint density at radius 3 is 3.05 bits per heavy atom. The third kappa shape index (κ3) is 2.67. The Balaban J connectivity index is 1.87. The number of amides is 2. The summed E-state index contributed by atoms with van der Waals surface area (Å²) in [5.74, 6) is -0.280. The molecule has 1 unspecified atom stereocenters. The third-order valence-electron chi connectivity index (χ3n) is 3.45. The molecule has 2 amide bonds. The van der Waals surface area contributed by atoms with E-state index in [0.29, 0.717) is 38.2 Å². The van der Waals surface area contributed by atoms with Gasteiger partial charge in [-0.2, -0.15) is 5.10 Å². The molecule has 2 heterocycles. The molecule has 1 saturated heterocycles. The maximum Gasteiger partial charge on any atom is 0.329 e. The lowest BCUT2D eigenvalue weighted by Crippen LogP contribution is -2.54. The number of hydrogen-bond acceptors (Lipinski definition) is 4. The fourth-order valence-electron chi connectivity index (χ4n) is 2.25. The third-order valence-corrected chi connectivity index (χ3v) is 3.45. The molecule has 2 rings (SSSR count). The second-order valence-corrected chi connectivity index (χ2v) is 4.75. The summed E-state index contributed by atoms with van der Waals surface area (Å²) in [5.41, 5.74) is -1.10. The summed E-state index contributed by atoms with van der Waals surface area (Å²) in [4.78, 5) is 28.6. The number of likely N-dealkylation sites (tertiary alicyclic amines) is 1. The molecular formula is C11H17N5O3. The minimum Gasteiger partial charge on any atom is -0.480 e. The highest BCUT2D eigenvalue weighted by Gasteiger charge is 2.45. The van der Waals surface area contributed by atoms with Gasteiger partial charge in [0.15, 0.2) is 0 Å². The average Bonchev–Trinajstić information content (AvgIpc) is 2.99. The molecule has 0 saturated carbocycles. The second kappa shape index (κ2) is 5.25. The van der Waals surface area contributed by atoms with E-state index in [4.69, 9.17) is 0 Å². The smallest absolute Gasteiger partial charge is 0.329 e. The SMILES string of the molecule is CC1(C(=O)O)CCCN1C(=O)NCCc1ncn[nH]1. The first-order chi connectivity index (χ1) is 9.04. The summed E-state index contributed by atoms with van der Waals surface area (Å²) in [7, 11) is 0. The van der Waals surface area contributed by atoms with E-state index in [0.717, 1.165) is 0 Å². The van der Waals surface area contributed by atoms with Crippen LogP contribution in [-0.4, -0.2) is 55.8 Å². The zero-order chi connectivity index (χ0) is 13.9. The molecule has 0 radical (unpaired) electrons. The molecule has 0 aromatic carbocycles. The molecule has 1 fully saturated rings. The number of rotatable bonds is 4. The molecule has 0 aliphatic carbocycles. The van der Waals surface area contributed by atoms with Crippen molar-refractivity contribution < 1.29 is 14.7 Å². The predicted molar refractivity (Wildman–Crippen MR) is 65.5 cm³/mol. The number of aromatic nitrogens is 3. The zero-order valence-electron chi connectivity index (χ0n) is 10.7. The molecule has 19 heavy (non-hydrogen) atoms. The predicted octanol–water partition coefficient (Wildman–Crippen LogP) is -0.00410. The minimum absolute atomic E-state index is 0.345. The molecular weight excluding hydrogens is 250 g/mol. The van der Waals surface area contributed by atoms with Gasteiger partial charge in [-0.25, -0.2) is 14.6 Å². The van der Waals surface area contributed by atoms with E-state index in [1.54, 1.807) is 6.92 Å². The molecule has 8 nitrogen and oxygen atoms in total. The molecule has 1 aliphatic heterocycles. The Morgan fingerprint density at radius 2 is 2.42 bits per heavy atom. The van der Waals surface area contributed by atoms with Crippen LogP contribution in [0.4, 0.5) is 4.79 Å². The number of H-pyrrole nitrogens is 1. The largest absolute Gasteiger partial charge is 0.480 e. The van der Waals surface area contributed by atoms with Crippen LogP contribution in [0.2, 0.25) is 0 Å². The molecule has 1 atom stereocenters. The standard InChI is InChI=1S/C11H17N5O3/c1-11(9(17)18)4-2-6-16(11)10(19)12-5-3-8-13-7-14-15-8/h7H,2-6H2,1H3,(H,12,19)(H,17,18)(H,13,14,15). The van der Waals surface area contributed by atoms with E-state index in [9.17, 15) is 14.7 Å². The molecule has 0 bridgehead atoms. The molecule has 8 heteroatoms. The number of aliphatic carboxylic acids is 1. The Labute approximate surface area is 110 Å². The quantitative estimate of drug-likeness (QED) is 0.710. The van der Waals surface area contributed by atoms with Crippen molar-refractivity contribution >= 4 is 12.0 Å². The Bertz CT molecular complexity index is 461. The summed E-state index contributed by atoms with van der Waals surface area (Å²) in [6.45, 7) is 2.44. The van der Waals surface area contributed by atoms with Crippen molar-refractivity contribution in [2.75, 3.05) is 13.1 Å². The topological polar surface area (TPSA) is 111 Å². The van der Waals surface area contributed by atoms with Crippen molar-refractivity contribution in [3.8, 4) is 0 Å². The van der Waals surface area contributed by atoms with Gasteiger partial charge in [0, 0.05) is 19.5 Å². The van der Waals surface area contributed by atoms with Crippen molar-refractivity contribution in [3.63, 3.8) is 0 Å². The van der Waals surface area contributed by atoms with E-state index >= 15 is 0 Å². The average molecular weight is 267 g/mol. The van der Waals surface area contributed by atoms with Gasteiger partial charge in [0.25, 0.3) is 0 Å². The number of carbonyl (C=O) groups excluding carboxylic acids is 1. The summed E-state index contributed by atoms with van der Waals surface area (Å²) < 4.78 is 0. The second-order valence-electron chi connectivity index (χ2n) is 4.75. The van der Waals surface area contributed by atoms with Crippen LogP contribution in [-0.2, 0) is 11.2 Å². The van der Waals surface area contributed by atoms with Crippen LogP contribution >= 0.6 is 0 Å². The number of hydrogen-bond donors (Lipinski definition) is 3. The fourth-order valence-corrected chi connectivity index (χ4v) is 2.25. The van der Waals surface area contributed by atoms with Gasteiger partial charge in [0.2, 0.25) is 0 Å². The normalized spacial score (nSPS) is 22.5. The Morgan fingerprint density at radius 1 is 1.63 bits per heavy atom. The van der Waals surface area contributed by atoms with Gasteiger partial charge >= 0.3 is 12.0 Å². The summed E-state index contributed by atoms with van der Waals surface area (Å²) >= 11 is 0. The van der Waals surface area contributed by atoms with Crippen LogP contribution in [0.5, 0.6) is 0 Å². The van der Waals surface area contributed by atoms with E-state index in [1.807, 2.05) is 0 Å². The highest BCUT2D eigenvalue weighted by Crippen LogP contribution is 2.28. The number of nitrogens with zero attached hydrogens (tertiary/aromatic N) is 3. The molecule has 104 valence electrons. The summed E-state index contributed by atoms with van der Waals surface area (Å²) in [6, 6.07) is -0.345. The first kappa shape index (κ1) is 13.3. The molecule has 1 aromatic heterocycles. The molecule has 0 spiro atoms. The van der Waals surface area contributed by atoms with E-state index in [1.165, 1.54) is 11.2 Å². The van der Waals surface area contributed by atoms with E-state index in [-0.39, 0.29) is 6.03 Å². The van der Waals surface area contributed by atoms with Crippen LogP contribution in [0.15, 0.2) is 6.33 Å². The van der Waals surface area contributed by atoms with Crippen molar-refractivity contribution in [3.05, 3.63) is 12.2 Å². The summed E-state index contributed by atoms with van der Waals surface area (Å²) in [6.07, 6.45) is 3.12. The highest BCUT2D eigenvalue weighted by molar-refractivity contribution is 5.86. The van der Waals surface area contributed by atoms with Crippen molar-refractivity contribution in [2.24, 2.45) is 0 Å². The number of nitrogens with one attached hydrogen (secondary N) is 2. The number of urea groups is 1. The minimum atomic E-state index is -1.10. The van der Waals surface area contributed by atoms with Gasteiger partial charge < -0.3 is 15.3 Å². The molecule has 1 aliphatic rings. The van der Waals surface area contributed by atoms with Crippen molar-refractivity contribution in [2.45, 2.75) is 31.7 Å². The molecule has 3 N–H and O–H groups in total. The lowest BCUT2D eigenvalue weighted by molar-refractivity contribution is -0.147. The Hall–Kier alpha value is -2.12. The van der Waals surface area contributed by atoms with Crippen LogP contribution < -0.4 is 5.32 Å². The Kier molecular flexibility index (Phi) is 3.68. The maximum atomic E-state index is 12.0. The fraction of sp³-hybridized carbons (Fsp3) is 0.636. The van der Waals surface area contributed by atoms with Gasteiger partial charge in [0.05, 0.1) is 0 Å². The molecule has 1 aromatic rings. The van der Waals surface area contributed by atoms with Crippen molar-refractivity contribution in [1.29, 1.82) is 0 Å². The van der Waals surface area contributed by atoms with Gasteiger partial charge in [-0.15, -0.1) is 0 Å². The van der Waals surface area contributed by atoms with E-state index in [2.05, 4.69) is 20.5 Å². The number of aromatic amines is 1. The summed E-state index contributed by atoms with van der Waals surface area (Å²) in [5, 5.41) is 18.3. The van der Waals surface area contributed by atoms with Gasteiger partial charge in [0.1, 0.15) is 17.7 Å². The number of carboxylic acid groups (broad SMARTS) is 1. The van der Waals surface area contributed by atoms with Crippen LogP contribution in [0, 0.1) is 0 Å². The number of carboxylic acids is 1. The maximum absolute atomic E-state index is 12.0. The van der Waals surface area contributed by atoms with Crippen LogP contribution in [0.3, 0.4) is 0 Å². The van der Waals surface area contributed by atoms with Gasteiger partial charge in [-0.3, -0.25) is 5.10 Å². The zero-order valence-corrected chi connectivity index (χ0v) is 10.7. The first-order valence-electron chi connectivity index (χ1n) is 6.17. The highest BCUT2D eigenvalue weighted by atomic mass is 16.4. The lowest BCUT2D eigenvalue weighted by atomic mass is 10.00. The van der Waals surface area contributed by atoms with E-state index < -0.39 is 11.5 Å². The number of carbonyl (C=O) groups is 2. The van der Waals surface area contributed by atoms with Gasteiger partial charge in [-0.1, -0.05) is 0 Å².